The van der Waals surface area contributed by atoms with Crippen LogP contribution in [-0.4, -0.2) is 36.5 Å². The van der Waals surface area contributed by atoms with Gasteiger partial charge in [-0.05, 0) is 17.9 Å². The topological polar surface area (TPSA) is 56.1 Å². The van der Waals surface area contributed by atoms with Crippen molar-refractivity contribution in [3.63, 3.8) is 0 Å². The lowest BCUT2D eigenvalue weighted by molar-refractivity contribution is -0.129. The number of rotatable bonds is 3. The Morgan fingerprint density at radius 1 is 1.32 bits per heavy atom. The largest absolute Gasteiger partial charge is 0.352 e. The molecule has 0 aliphatic carbocycles. The van der Waals surface area contributed by atoms with Gasteiger partial charge in [0, 0.05) is 24.5 Å². The zero-order valence-corrected chi connectivity index (χ0v) is 13.7. The van der Waals surface area contributed by atoms with Gasteiger partial charge in [0.1, 0.15) is 0 Å². The molecular formula is C18H25N3O. The maximum Gasteiger partial charge on any atom is 0.225 e. The minimum Gasteiger partial charge on any atom is -0.352 e. The Labute approximate surface area is 133 Å². The van der Waals surface area contributed by atoms with E-state index >= 15 is 0 Å². The summed E-state index contributed by atoms with van der Waals surface area (Å²) < 4.78 is 0. The summed E-state index contributed by atoms with van der Waals surface area (Å²) in [6, 6.07) is 12.7. The zero-order chi connectivity index (χ0) is 16.2. The number of benzene rings is 1. The number of amides is 1. The third kappa shape index (κ3) is 4.32. The van der Waals surface area contributed by atoms with E-state index in [2.05, 4.69) is 28.4 Å². The van der Waals surface area contributed by atoms with Gasteiger partial charge in [-0.2, -0.15) is 5.26 Å². The highest BCUT2D eigenvalue weighted by Crippen LogP contribution is 2.27. The molecule has 2 atom stereocenters. The average Bonchev–Trinajstić information content (AvgIpc) is 2.47. The molecule has 2 unspecified atom stereocenters. The third-order valence-corrected chi connectivity index (χ3v) is 4.11. The SMILES string of the molecule is CC(C)(C)C(=O)NC1CC(c2ccccc2)CN(CC#N)C1. The molecule has 1 aliphatic rings. The molecule has 4 heteroatoms. The Morgan fingerprint density at radius 3 is 2.59 bits per heavy atom. The second-order valence-corrected chi connectivity index (χ2v) is 7.12. The van der Waals surface area contributed by atoms with Crippen LogP contribution in [0.3, 0.4) is 0 Å². The molecule has 4 nitrogen and oxygen atoms in total. The van der Waals surface area contributed by atoms with E-state index < -0.39 is 0 Å². The molecular weight excluding hydrogens is 274 g/mol. The molecule has 1 aromatic rings. The van der Waals surface area contributed by atoms with Gasteiger partial charge < -0.3 is 5.32 Å². The summed E-state index contributed by atoms with van der Waals surface area (Å²) in [4.78, 5) is 14.4. The van der Waals surface area contributed by atoms with Gasteiger partial charge in [0.2, 0.25) is 5.91 Å². The summed E-state index contributed by atoms with van der Waals surface area (Å²) in [7, 11) is 0. The van der Waals surface area contributed by atoms with Crippen molar-refractivity contribution in [3.8, 4) is 6.07 Å². The molecule has 0 radical (unpaired) electrons. The first-order valence-electron chi connectivity index (χ1n) is 7.85. The van der Waals surface area contributed by atoms with Gasteiger partial charge >= 0.3 is 0 Å². The fourth-order valence-corrected chi connectivity index (χ4v) is 2.89. The van der Waals surface area contributed by atoms with Crippen molar-refractivity contribution in [3.05, 3.63) is 35.9 Å². The summed E-state index contributed by atoms with van der Waals surface area (Å²) in [5, 5.41) is 12.2. The summed E-state index contributed by atoms with van der Waals surface area (Å²) in [5.41, 5.74) is 0.889. The minimum absolute atomic E-state index is 0.0723. The molecule has 1 fully saturated rings. The molecule has 1 N–H and O–H groups in total. The minimum atomic E-state index is -0.389. The Hall–Kier alpha value is -1.86. The van der Waals surface area contributed by atoms with Gasteiger partial charge in [0.25, 0.3) is 0 Å². The molecule has 1 saturated heterocycles. The second kappa shape index (κ2) is 6.93. The highest BCUT2D eigenvalue weighted by Gasteiger charge is 2.31. The fourth-order valence-electron chi connectivity index (χ4n) is 2.89. The summed E-state index contributed by atoms with van der Waals surface area (Å²) in [6.45, 7) is 7.80. The highest BCUT2D eigenvalue weighted by atomic mass is 16.2. The smallest absolute Gasteiger partial charge is 0.225 e. The van der Waals surface area contributed by atoms with E-state index in [0.29, 0.717) is 12.5 Å². The van der Waals surface area contributed by atoms with Crippen molar-refractivity contribution in [2.24, 2.45) is 5.41 Å². The molecule has 1 heterocycles. The average molecular weight is 299 g/mol. The number of carbonyl (C=O) groups is 1. The quantitative estimate of drug-likeness (QED) is 0.873. The summed E-state index contributed by atoms with van der Waals surface area (Å²) in [6.07, 6.45) is 0.924. The van der Waals surface area contributed by atoms with E-state index in [1.807, 2.05) is 39.0 Å². The van der Waals surface area contributed by atoms with Crippen molar-refractivity contribution in [2.45, 2.75) is 39.2 Å². The molecule has 0 aromatic heterocycles. The van der Waals surface area contributed by atoms with Gasteiger partial charge in [0.05, 0.1) is 12.6 Å². The van der Waals surface area contributed by atoms with Crippen LogP contribution in [0.1, 0.15) is 38.7 Å². The fraction of sp³-hybridized carbons (Fsp3) is 0.556. The number of hydrogen-bond acceptors (Lipinski definition) is 3. The molecule has 0 saturated carbocycles. The van der Waals surface area contributed by atoms with Crippen LogP contribution < -0.4 is 5.32 Å². The van der Waals surface area contributed by atoms with Crippen LogP contribution in [0, 0.1) is 16.7 Å². The first-order chi connectivity index (χ1) is 10.4. The first-order valence-corrected chi connectivity index (χ1v) is 7.85. The Balaban J connectivity index is 2.10. The molecule has 0 bridgehead atoms. The maximum absolute atomic E-state index is 12.2. The lowest BCUT2D eigenvalue weighted by Gasteiger charge is -2.38. The first kappa shape index (κ1) is 16.5. The van der Waals surface area contributed by atoms with E-state index in [9.17, 15) is 4.79 Å². The second-order valence-electron chi connectivity index (χ2n) is 7.12. The Bertz CT molecular complexity index is 542. The molecule has 1 aliphatic heterocycles. The Kier molecular flexibility index (Phi) is 5.20. The van der Waals surface area contributed by atoms with E-state index in [4.69, 9.17) is 5.26 Å². The highest BCUT2D eigenvalue weighted by molar-refractivity contribution is 5.81. The van der Waals surface area contributed by atoms with Crippen molar-refractivity contribution in [1.29, 1.82) is 5.26 Å². The van der Waals surface area contributed by atoms with E-state index in [0.717, 1.165) is 19.5 Å². The molecule has 1 amide bonds. The van der Waals surface area contributed by atoms with Gasteiger partial charge in [-0.1, -0.05) is 51.1 Å². The van der Waals surface area contributed by atoms with Crippen molar-refractivity contribution >= 4 is 5.91 Å². The molecule has 2 rings (SSSR count). The lowest BCUT2D eigenvalue weighted by atomic mass is 9.87. The number of nitriles is 1. The monoisotopic (exact) mass is 299 g/mol. The maximum atomic E-state index is 12.2. The van der Waals surface area contributed by atoms with E-state index in [1.54, 1.807) is 0 Å². The number of piperidine rings is 1. The lowest BCUT2D eigenvalue weighted by Crippen LogP contribution is -2.52. The zero-order valence-electron chi connectivity index (χ0n) is 13.7. The van der Waals surface area contributed by atoms with E-state index in [-0.39, 0.29) is 17.4 Å². The number of nitrogens with zero attached hydrogens (tertiary/aromatic N) is 2. The van der Waals surface area contributed by atoms with Crippen LogP contribution in [0.25, 0.3) is 0 Å². The van der Waals surface area contributed by atoms with Crippen LogP contribution >= 0.6 is 0 Å². The van der Waals surface area contributed by atoms with Crippen LogP contribution in [0.5, 0.6) is 0 Å². The van der Waals surface area contributed by atoms with Crippen molar-refractivity contribution in [2.75, 3.05) is 19.6 Å². The van der Waals surface area contributed by atoms with Crippen molar-refractivity contribution in [1.82, 2.24) is 10.2 Å². The predicted molar refractivity (Wildman–Crippen MR) is 87.2 cm³/mol. The van der Waals surface area contributed by atoms with Crippen LogP contribution in [0.2, 0.25) is 0 Å². The number of likely N-dealkylation sites (tertiary alicyclic amines) is 1. The van der Waals surface area contributed by atoms with Crippen LogP contribution in [0.15, 0.2) is 30.3 Å². The normalized spacial score (nSPS) is 22.8. The van der Waals surface area contributed by atoms with Crippen LogP contribution in [-0.2, 0) is 4.79 Å². The number of carbonyl (C=O) groups excluding carboxylic acids is 1. The summed E-state index contributed by atoms with van der Waals surface area (Å²) >= 11 is 0. The van der Waals surface area contributed by atoms with Gasteiger partial charge in [-0.15, -0.1) is 0 Å². The molecule has 0 spiro atoms. The van der Waals surface area contributed by atoms with E-state index in [1.165, 1.54) is 5.56 Å². The standard InChI is InChI=1S/C18H25N3O/c1-18(2,3)17(22)20-16-11-15(12-21(13-16)10-9-19)14-7-5-4-6-8-14/h4-8,15-16H,10-13H2,1-3H3,(H,20,22). The summed E-state index contributed by atoms with van der Waals surface area (Å²) in [5.74, 6) is 0.427. The third-order valence-electron chi connectivity index (χ3n) is 4.11. The molecule has 1 aromatic carbocycles. The molecule has 118 valence electrons. The number of nitrogens with one attached hydrogen (secondary N) is 1. The van der Waals surface area contributed by atoms with Crippen LogP contribution in [0.4, 0.5) is 0 Å². The number of hydrogen-bond donors (Lipinski definition) is 1. The Morgan fingerprint density at radius 2 is 2.00 bits per heavy atom. The van der Waals surface area contributed by atoms with Gasteiger partial charge in [-0.3, -0.25) is 9.69 Å². The van der Waals surface area contributed by atoms with Crippen molar-refractivity contribution < 1.29 is 4.79 Å². The molecule has 22 heavy (non-hydrogen) atoms. The van der Waals surface area contributed by atoms with Gasteiger partial charge in [0.15, 0.2) is 0 Å². The predicted octanol–water partition coefficient (Wildman–Crippen LogP) is 2.53. The van der Waals surface area contributed by atoms with Gasteiger partial charge in [-0.25, -0.2) is 0 Å².